The number of hydrogen-bond donors (Lipinski definition) is 1. The molecule has 0 aromatic heterocycles. The quantitative estimate of drug-likeness (QED) is 0.548. The fraction of sp³-hybridized carbons (Fsp3) is 1.00. The molecule has 2 unspecified atom stereocenters. The van der Waals surface area contributed by atoms with Gasteiger partial charge >= 0.3 is 100 Å². The van der Waals surface area contributed by atoms with Crippen LogP contribution in [0.2, 0.25) is 0 Å². The molecule has 5 heteroatoms. The topological polar surface area (TPSA) is 35.2 Å². The van der Waals surface area contributed by atoms with Gasteiger partial charge < -0.3 is 0 Å². The second kappa shape index (κ2) is 9.90. The molecule has 0 aliphatic carbocycles. The van der Waals surface area contributed by atoms with E-state index < -0.39 is 20.4 Å². The maximum absolute atomic E-state index is 5.68. The van der Waals surface area contributed by atoms with Crippen LogP contribution in [0, 0.1) is 0 Å². The van der Waals surface area contributed by atoms with Crippen LogP contribution in [0.3, 0.4) is 0 Å². The van der Waals surface area contributed by atoms with Gasteiger partial charge in [0.25, 0.3) is 0 Å². The Morgan fingerprint density at radius 2 is 2.23 bits per heavy atom. The monoisotopic (exact) mass is 331 g/mol. The van der Waals surface area contributed by atoms with Crippen LogP contribution in [0.25, 0.3) is 0 Å². The summed E-state index contributed by atoms with van der Waals surface area (Å²) in [7, 11) is 5.68. The molecule has 0 saturated carbocycles. The van der Waals surface area contributed by atoms with Crippen molar-refractivity contribution in [3.8, 4) is 0 Å². The van der Waals surface area contributed by atoms with Gasteiger partial charge in [0.05, 0.1) is 0 Å². The fourth-order valence-corrected chi connectivity index (χ4v) is 4.39. The second-order valence-corrected chi connectivity index (χ2v) is 6.57. The molecule has 0 rings (SSSR count). The molecule has 0 aromatic rings. The molecule has 0 aliphatic rings. The van der Waals surface area contributed by atoms with Crippen molar-refractivity contribution in [2.24, 2.45) is 5.73 Å². The van der Waals surface area contributed by atoms with Gasteiger partial charge in [-0.3, -0.25) is 0 Å². The molecule has 78 valence electrons. The van der Waals surface area contributed by atoms with E-state index in [1.165, 1.54) is 0 Å². The Kier molecular flexibility index (Phi) is 10.9. The first-order chi connectivity index (χ1) is 6.20. The van der Waals surface area contributed by atoms with E-state index in [0.29, 0.717) is 11.5 Å². The molecule has 2 radical (unpaired) electrons. The SMILES string of the molecule is CCSC(CCCC(C)N)[O][Sn][Cl]. The van der Waals surface area contributed by atoms with E-state index in [2.05, 4.69) is 6.92 Å². The van der Waals surface area contributed by atoms with Crippen molar-refractivity contribution in [3.63, 3.8) is 0 Å². The summed E-state index contributed by atoms with van der Waals surface area (Å²) < 4.78 is 5.52. The van der Waals surface area contributed by atoms with E-state index >= 15 is 0 Å². The summed E-state index contributed by atoms with van der Waals surface area (Å²) in [5.74, 6) is 1.10. The molecular formula is C8H18ClNOSSn. The van der Waals surface area contributed by atoms with E-state index in [-0.39, 0.29) is 0 Å². The summed E-state index contributed by atoms with van der Waals surface area (Å²) >= 11 is 0.827. The van der Waals surface area contributed by atoms with Crippen LogP contribution in [0.4, 0.5) is 0 Å². The van der Waals surface area contributed by atoms with Gasteiger partial charge in [0, 0.05) is 0 Å². The van der Waals surface area contributed by atoms with Crippen LogP contribution in [-0.2, 0) is 3.07 Å². The van der Waals surface area contributed by atoms with Crippen molar-refractivity contribution < 1.29 is 3.07 Å². The van der Waals surface area contributed by atoms with Crippen LogP contribution < -0.4 is 5.73 Å². The van der Waals surface area contributed by atoms with Crippen molar-refractivity contribution >= 4 is 41.1 Å². The number of rotatable bonds is 8. The predicted octanol–water partition coefficient (Wildman–Crippen LogP) is 2.37. The van der Waals surface area contributed by atoms with E-state index in [1.807, 2.05) is 18.7 Å². The van der Waals surface area contributed by atoms with Crippen molar-refractivity contribution in [3.05, 3.63) is 0 Å². The molecule has 0 aliphatic heterocycles. The van der Waals surface area contributed by atoms with Crippen molar-refractivity contribution in [2.75, 3.05) is 5.75 Å². The third-order valence-corrected chi connectivity index (χ3v) is 4.82. The summed E-state index contributed by atoms with van der Waals surface area (Å²) in [6.45, 7) is 4.19. The molecule has 0 amide bonds. The minimum atomic E-state index is -1.02. The van der Waals surface area contributed by atoms with Crippen molar-refractivity contribution in [2.45, 2.75) is 44.6 Å². The Labute approximate surface area is 99.8 Å². The molecule has 0 aromatic carbocycles. The zero-order chi connectivity index (χ0) is 10.1. The first kappa shape index (κ1) is 14.4. The summed E-state index contributed by atoms with van der Waals surface area (Å²) in [4.78, 5) is 0. The predicted molar refractivity (Wildman–Crippen MR) is 62.1 cm³/mol. The summed E-state index contributed by atoms with van der Waals surface area (Å²) in [6, 6.07) is 0.309. The molecule has 13 heavy (non-hydrogen) atoms. The molecule has 0 bridgehead atoms. The zero-order valence-corrected chi connectivity index (χ0v) is 12.7. The van der Waals surface area contributed by atoms with E-state index in [1.54, 1.807) is 0 Å². The molecule has 2 N–H and O–H groups in total. The van der Waals surface area contributed by atoms with Crippen LogP contribution >= 0.6 is 20.7 Å². The first-order valence-electron chi connectivity index (χ1n) is 4.59. The van der Waals surface area contributed by atoms with E-state index in [0.717, 1.165) is 25.0 Å². The van der Waals surface area contributed by atoms with Gasteiger partial charge in [-0.05, 0) is 0 Å². The molecule has 0 spiro atoms. The van der Waals surface area contributed by atoms with Crippen molar-refractivity contribution in [1.29, 1.82) is 0 Å². The Hall–Kier alpha value is 1.36. The molecule has 2 atom stereocenters. The molecule has 0 saturated heterocycles. The Balaban J connectivity index is 3.44. The van der Waals surface area contributed by atoms with E-state index in [4.69, 9.17) is 17.7 Å². The third-order valence-electron chi connectivity index (χ3n) is 1.63. The number of thioether (sulfide) groups is 1. The number of halogens is 1. The summed E-state index contributed by atoms with van der Waals surface area (Å²) in [5, 5.41) is 0. The Morgan fingerprint density at radius 3 is 2.69 bits per heavy atom. The van der Waals surface area contributed by atoms with Crippen LogP contribution in [0.15, 0.2) is 0 Å². The van der Waals surface area contributed by atoms with Gasteiger partial charge in [-0.15, -0.1) is 0 Å². The Bertz CT molecular complexity index is 112. The van der Waals surface area contributed by atoms with E-state index in [9.17, 15) is 0 Å². The zero-order valence-electron chi connectivity index (χ0n) is 8.25. The summed E-state index contributed by atoms with van der Waals surface area (Å²) in [5.41, 5.74) is 5.99. The standard InChI is InChI=1S/C8H18NOS.ClH.Sn/c1-3-11-8(10)6-4-5-7(2)9;;/h7-8H,3-6,9H2,1-2H3;1H;/q-1;;+2/p-1. The first-order valence-corrected chi connectivity index (χ1v) is 10.4. The van der Waals surface area contributed by atoms with Gasteiger partial charge in [-0.25, -0.2) is 0 Å². The van der Waals surface area contributed by atoms with Gasteiger partial charge in [-0.2, -0.15) is 0 Å². The molecule has 0 heterocycles. The molecular weight excluding hydrogens is 312 g/mol. The second-order valence-electron chi connectivity index (χ2n) is 2.99. The van der Waals surface area contributed by atoms with Gasteiger partial charge in [0.2, 0.25) is 0 Å². The average molecular weight is 330 g/mol. The summed E-state index contributed by atoms with van der Waals surface area (Å²) in [6.07, 6.45) is 3.32. The molecule has 0 fully saturated rings. The van der Waals surface area contributed by atoms with Crippen LogP contribution in [0.5, 0.6) is 0 Å². The van der Waals surface area contributed by atoms with Crippen LogP contribution in [0.1, 0.15) is 33.1 Å². The average Bonchev–Trinajstić information content (AvgIpc) is 2.04. The van der Waals surface area contributed by atoms with Crippen LogP contribution in [-0.4, -0.2) is 37.7 Å². The van der Waals surface area contributed by atoms with Gasteiger partial charge in [-0.1, -0.05) is 0 Å². The fourth-order valence-electron chi connectivity index (χ4n) is 1.02. The van der Waals surface area contributed by atoms with Gasteiger partial charge in [0.15, 0.2) is 0 Å². The third kappa shape index (κ3) is 9.66. The maximum atomic E-state index is 5.68. The minimum absolute atomic E-state index is 0.309. The Morgan fingerprint density at radius 1 is 1.54 bits per heavy atom. The number of nitrogens with two attached hydrogens (primary N) is 1. The van der Waals surface area contributed by atoms with Crippen molar-refractivity contribution in [1.82, 2.24) is 0 Å². The normalized spacial score (nSPS) is 15.7. The number of hydrogen-bond acceptors (Lipinski definition) is 3. The molecule has 2 nitrogen and oxygen atoms in total. The van der Waals surface area contributed by atoms with Gasteiger partial charge in [0.1, 0.15) is 0 Å².